The van der Waals surface area contributed by atoms with E-state index < -0.39 is 11.5 Å². The van der Waals surface area contributed by atoms with E-state index in [0.717, 1.165) is 0 Å². The van der Waals surface area contributed by atoms with E-state index in [0.29, 0.717) is 43.7 Å². The number of aromatic hydroxyl groups is 1. The first-order valence-electron chi connectivity index (χ1n) is 8.46. The van der Waals surface area contributed by atoms with Crippen molar-refractivity contribution in [3.63, 3.8) is 0 Å². The first-order chi connectivity index (χ1) is 13.5. The van der Waals surface area contributed by atoms with Gasteiger partial charge in [0.1, 0.15) is 0 Å². The summed E-state index contributed by atoms with van der Waals surface area (Å²) in [5.41, 5.74) is 0.443. The van der Waals surface area contributed by atoms with Gasteiger partial charge in [-0.25, -0.2) is 14.3 Å². The molecule has 0 aliphatic carbocycles. The van der Waals surface area contributed by atoms with Crippen LogP contribution in [0.1, 0.15) is 10.4 Å². The van der Waals surface area contributed by atoms with E-state index in [9.17, 15) is 19.5 Å². The number of rotatable bonds is 2. The molecule has 7 heteroatoms. The Hall–Kier alpha value is -4.00. The third kappa shape index (κ3) is 1.98. The van der Waals surface area contributed by atoms with Gasteiger partial charge in [-0.1, -0.05) is 0 Å². The van der Waals surface area contributed by atoms with E-state index in [1.165, 1.54) is 23.8 Å². The Balaban J connectivity index is 1.87. The monoisotopic (exact) mass is 372 g/mol. The third-order valence-electron chi connectivity index (χ3n) is 5.02. The highest BCUT2D eigenvalue weighted by Gasteiger charge is 2.20. The van der Waals surface area contributed by atoms with Crippen molar-refractivity contribution in [1.82, 2.24) is 9.55 Å². The maximum Gasteiger partial charge on any atom is 0.337 e. The minimum Gasteiger partial charge on any atom is -0.494 e. The van der Waals surface area contributed by atoms with Crippen molar-refractivity contribution in [2.24, 2.45) is 0 Å². The molecule has 0 saturated heterocycles. The van der Waals surface area contributed by atoms with Crippen LogP contribution >= 0.6 is 0 Å². The molecule has 0 saturated carbocycles. The summed E-state index contributed by atoms with van der Waals surface area (Å²) in [6, 6.07) is 12.6. The summed E-state index contributed by atoms with van der Waals surface area (Å²) in [6.45, 7) is 0. The zero-order chi connectivity index (χ0) is 19.6. The highest BCUT2D eigenvalue weighted by molar-refractivity contribution is 6.23. The summed E-state index contributed by atoms with van der Waals surface area (Å²) in [4.78, 5) is 40.8. The average molecular weight is 372 g/mol. The van der Waals surface area contributed by atoms with Gasteiger partial charge >= 0.3 is 5.97 Å². The van der Waals surface area contributed by atoms with Crippen LogP contribution in [0.4, 0.5) is 0 Å². The van der Waals surface area contributed by atoms with Crippen LogP contribution in [0.2, 0.25) is 0 Å². The number of methoxy groups -OCH3 is 1. The SMILES string of the molecule is COC(=O)c1ccc(-n2c(O)c3ccc4nc(=O)c5ccc(c2=O)c3c45)cc1. The lowest BCUT2D eigenvalue weighted by Crippen LogP contribution is -2.19. The molecule has 0 spiro atoms. The largest absolute Gasteiger partial charge is 0.494 e. The number of aromatic nitrogens is 2. The first-order valence-corrected chi connectivity index (χ1v) is 8.46. The van der Waals surface area contributed by atoms with Crippen LogP contribution in [-0.2, 0) is 4.74 Å². The van der Waals surface area contributed by atoms with Gasteiger partial charge in [0.15, 0.2) is 0 Å². The molecule has 5 aromatic rings. The Morgan fingerprint density at radius 3 is 2.32 bits per heavy atom. The van der Waals surface area contributed by atoms with Gasteiger partial charge < -0.3 is 9.84 Å². The molecule has 0 amide bonds. The van der Waals surface area contributed by atoms with Gasteiger partial charge in [0.2, 0.25) is 5.88 Å². The normalized spacial score (nSPS) is 11.6. The van der Waals surface area contributed by atoms with Crippen molar-refractivity contribution < 1.29 is 14.6 Å². The van der Waals surface area contributed by atoms with E-state index in [4.69, 9.17) is 0 Å². The van der Waals surface area contributed by atoms with Crippen molar-refractivity contribution in [2.45, 2.75) is 0 Å². The summed E-state index contributed by atoms with van der Waals surface area (Å²) < 4.78 is 5.85. The van der Waals surface area contributed by atoms with Gasteiger partial charge in [-0.3, -0.25) is 9.59 Å². The number of hydrogen-bond acceptors (Lipinski definition) is 6. The fourth-order valence-electron chi connectivity index (χ4n) is 3.72. The number of carbonyl (C=O) groups excluding carboxylic acids is 1. The Kier molecular flexibility index (Phi) is 3.18. The van der Waals surface area contributed by atoms with Crippen LogP contribution in [0, 0.1) is 0 Å². The third-order valence-corrected chi connectivity index (χ3v) is 5.02. The van der Waals surface area contributed by atoms with Crippen LogP contribution < -0.4 is 11.1 Å². The topological polar surface area (TPSA) is 98.5 Å². The molecular weight excluding hydrogens is 360 g/mol. The predicted molar refractivity (Wildman–Crippen MR) is 104 cm³/mol. The maximum atomic E-state index is 13.2. The second-order valence-electron chi connectivity index (χ2n) is 6.46. The van der Waals surface area contributed by atoms with Gasteiger partial charge in [0.05, 0.1) is 29.3 Å². The molecule has 0 atom stereocenters. The molecule has 2 heterocycles. The number of benzene rings is 3. The Bertz CT molecular complexity index is 1500. The van der Waals surface area contributed by atoms with E-state index in [-0.39, 0.29) is 11.4 Å². The quantitative estimate of drug-likeness (QED) is 0.478. The predicted octanol–water partition coefficient (Wildman–Crippen LogP) is 2.42. The summed E-state index contributed by atoms with van der Waals surface area (Å²) in [6.07, 6.45) is 0. The van der Waals surface area contributed by atoms with Crippen molar-refractivity contribution in [1.29, 1.82) is 0 Å². The van der Waals surface area contributed by atoms with Crippen LogP contribution in [0.5, 0.6) is 5.88 Å². The molecule has 0 unspecified atom stereocenters. The first kappa shape index (κ1) is 16.2. The smallest absolute Gasteiger partial charge is 0.337 e. The molecule has 7 nitrogen and oxygen atoms in total. The van der Waals surface area contributed by atoms with Crippen molar-refractivity contribution in [3.8, 4) is 11.6 Å². The van der Waals surface area contributed by atoms with Crippen LogP contribution in [0.3, 0.4) is 0 Å². The minimum atomic E-state index is -0.494. The van der Waals surface area contributed by atoms with Gasteiger partial charge in [-0.05, 0) is 48.5 Å². The molecule has 2 aromatic heterocycles. The fourth-order valence-corrected chi connectivity index (χ4v) is 3.72. The maximum absolute atomic E-state index is 13.2. The molecule has 28 heavy (non-hydrogen) atoms. The lowest BCUT2D eigenvalue weighted by molar-refractivity contribution is 0.0600. The molecule has 0 bridgehead atoms. The minimum absolute atomic E-state index is 0.244. The fraction of sp³-hybridized carbons (Fsp3) is 0.0476. The summed E-state index contributed by atoms with van der Waals surface area (Å²) in [7, 11) is 1.29. The number of pyridine rings is 1. The summed E-state index contributed by atoms with van der Waals surface area (Å²) in [5.74, 6) is -0.738. The molecular formula is C21H12N2O5. The Morgan fingerprint density at radius 2 is 1.61 bits per heavy atom. The van der Waals surface area contributed by atoms with E-state index in [1.54, 1.807) is 36.4 Å². The van der Waals surface area contributed by atoms with E-state index in [2.05, 4.69) is 9.72 Å². The molecule has 0 fully saturated rings. The lowest BCUT2D eigenvalue weighted by atomic mass is 10.00. The Labute approximate surface area is 156 Å². The van der Waals surface area contributed by atoms with Crippen LogP contribution in [0.15, 0.2) is 58.1 Å². The van der Waals surface area contributed by atoms with Gasteiger partial charge in [-0.2, -0.15) is 0 Å². The van der Waals surface area contributed by atoms with Crippen molar-refractivity contribution >= 4 is 38.4 Å². The van der Waals surface area contributed by atoms with Crippen LogP contribution in [-0.4, -0.2) is 27.7 Å². The molecule has 1 N–H and O–H groups in total. The number of esters is 1. The highest BCUT2D eigenvalue weighted by Crippen LogP contribution is 2.36. The number of ether oxygens (including phenoxy) is 1. The summed E-state index contributed by atoms with van der Waals surface area (Å²) >= 11 is 0. The standard InChI is InChI=1S/C21H12N2O5/c1-28-21(27)10-2-4-11(5-3-10)23-19(25)13-7-6-12-17-15(22-18(12)24)9-8-14(16(13)17)20(23)26/h2-9,26H,1H3. The average Bonchev–Trinajstić information content (AvgIpc) is 3.05. The van der Waals surface area contributed by atoms with E-state index in [1.807, 2.05) is 0 Å². The number of carbonyl (C=O) groups is 1. The van der Waals surface area contributed by atoms with Gasteiger partial charge in [0.25, 0.3) is 11.1 Å². The van der Waals surface area contributed by atoms with Gasteiger partial charge in [-0.15, -0.1) is 0 Å². The number of hydrogen-bond donors (Lipinski definition) is 1. The zero-order valence-corrected chi connectivity index (χ0v) is 14.6. The second-order valence-corrected chi connectivity index (χ2v) is 6.46. The van der Waals surface area contributed by atoms with Crippen LogP contribution in [0.25, 0.3) is 38.1 Å². The second kappa shape index (κ2) is 5.50. The lowest BCUT2D eigenvalue weighted by Gasteiger charge is -2.14. The molecule has 136 valence electrons. The molecule has 3 aromatic carbocycles. The van der Waals surface area contributed by atoms with Gasteiger partial charge in [0, 0.05) is 21.5 Å². The zero-order valence-electron chi connectivity index (χ0n) is 14.6. The molecule has 0 aliphatic heterocycles. The van der Waals surface area contributed by atoms with Crippen molar-refractivity contribution in [2.75, 3.05) is 7.11 Å². The highest BCUT2D eigenvalue weighted by atomic mass is 16.5. The summed E-state index contributed by atoms with van der Waals surface area (Å²) in [5, 5.41) is 13.2. The van der Waals surface area contributed by atoms with E-state index >= 15 is 0 Å². The number of nitrogens with zero attached hydrogens (tertiary/aromatic N) is 2. The van der Waals surface area contributed by atoms with Crippen molar-refractivity contribution in [3.05, 3.63) is 74.8 Å². The molecule has 0 aliphatic rings. The Morgan fingerprint density at radius 1 is 0.929 bits per heavy atom. The molecule has 5 rings (SSSR count). The molecule has 0 radical (unpaired) electrons.